The summed E-state index contributed by atoms with van der Waals surface area (Å²) in [5.74, 6) is 2.67. The first kappa shape index (κ1) is 12.4. The highest BCUT2D eigenvalue weighted by Crippen LogP contribution is 2.32. The lowest BCUT2D eigenvalue weighted by Gasteiger charge is -2.22. The van der Waals surface area contributed by atoms with Gasteiger partial charge in [0.05, 0.1) is 11.6 Å². The molecule has 3 rings (SSSR count). The van der Waals surface area contributed by atoms with Gasteiger partial charge < -0.3 is 4.90 Å². The van der Waals surface area contributed by atoms with Gasteiger partial charge in [-0.15, -0.1) is 0 Å². The van der Waals surface area contributed by atoms with Crippen molar-refractivity contribution >= 4 is 16.9 Å². The van der Waals surface area contributed by atoms with Gasteiger partial charge in [0.15, 0.2) is 5.65 Å². The zero-order chi connectivity index (χ0) is 13.2. The van der Waals surface area contributed by atoms with E-state index in [0.29, 0.717) is 0 Å². The highest BCUT2D eigenvalue weighted by atomic mass is 15.2. The Kier molecular flexibility index (Phi) is 3.36. The van der Waals surface area contributed by atoms with Crippen LogP contribution in [0.5, 0.6) is 0 Å². The molecule has 5 nitrogen and oxygen atoms in total. The summed E-state index contributed by atoms with van der Waals surface area (Å²) in [4.78, 5) is 11.1. The Hall–Kier alpha value is -1.65. The van der Waals surface area contributed by atoms with Crippen LogP contribution in [0.1, 0.15) is 33.1 Å². The van der Waals surface area contributed by atoms with Crippen LogP contribution in [0.2, 0.25) is 0 Å². The minimum Gasteiger partial charge on any atom is -0.356 e. The summed E-state index contributed by atoms with van der Waals surface area (Å²) in [5, 5.41) is 8.01. The van der Waals surface area contributed by atoms with E-state index < -0.39 is 0 Å². The minimum atomic E-state index is 0.798. The monoisotopic (exact) mass is 259 g/mol. The number of rotatable bonds is 4. The van der Waals surface area contributed by atoms with E-state index in [0.717, 1.165) is 41.8 Å². The number of hydrogen-bond acceptors (Lipinski definition) is 4. The van der Waals surface area contributed by atoms with Crippen LogP contribution in [-0.2, 0) is 0 Å². The van der Waals surface area contributed by atoms with Gasteiger partial charge in [-0.3, -0.25) is 5.10 Å². The number of aromatic amines is 1. The lowest BCUT2D eigenvalue weighted by Crippen LogP contribution is -2.23. The molecule has 0 bridgehead atoms. The van der Waals surface area contributed by atoms with Crippen molar-refractivity contribution in [3.05, 3.63) is 12.5 Å². The van der Waals surface area contributed by atoms with E-state index >= 15 is 0 Å². The van der Waals surface area contributed by atoms with E-state index in [1.807, 2.05) is 6.20 Å². The van der Waals surface area contributed by atoms with Crippen LogP contribution in [0.25, 0.3) is 11.0 Å². The Balaban J connectivity index is 1.83. The third-order valence-electron chi connectivity index (χ3n) is 4.47. The molecule has 0 amide bonds. The van der Waals surface area contributed by atoms with E-state index in [1.54, 1.807) is 6.33 Å². The Morgan fingerprint density at radius 2 is 2.21 bits per heavy atom. The third-order valence-corrected chi connectivity index (χ3v) is 4.47. The average molecular weight is 259 g/mol. The van der Waals surface area contributed by atoms with Crippen LogP contribution in [0.4, 0.5) is 5.82 Å². The predicted octanol–water partition coefficient (Wildman–Crippen LogP) is 2.62. The predicted molar refractivity (Wildman–Crippen MR) is 76.1 cm³/mol. The molecular weight excluding hydrogens is 238 g/mol. The van der Waals surface area contributed by atoms with Crippen molar-refractivity contribution in [1.29, 1.82) is 0 Å². The first-order valence-electron chi connectivity index (χ1n) is 7.22. The summed E-state index contributed by atoms with van der Waals surface area (Å²) in [7, 11) is 0. The van der Waals surface area contributed by atoms with Crippen LogP contribution in [0, 0.1) is 11.8 Å². The molecule has 1 N–H and O–H groups in total. The Labute approximate surface area is 113 Å². The van der Waals surface area contributed by atoms with E-state index in [2.05, 4.69) is 38.9 Å². The van der Waals surface area contributed by atoms with Gasteiger partial charge in [0.1, 0.15) is 12.1 Å². The average Bonchev–Trinajstić information content (AvgIpc) is 3.08. The second-order valence-corrected chi connectivity index (χ2v) is 5.40. The maximum absolute atomic E-state index is 4.46. The lowest BCUT2D eigenvalue weighted by molar-refractivity contribution is 0.339. The second kappa shape index (κ2) is 5.15. The van der Waals surface area contributed by atoms with Crippen molar-refractivity contribution < 1.29 is 0 Å². The normalized spacial score (nSPS) is 19.7. The van der Waals surface area contributed by atoms with Gasteiger partial charge in [-0.2, -0.15) is 5.10 Å². The summed E-state index contributed by atoms with van der Waals surface area (Å²) in [6.07, 6.45) is 7.28. The smallest absolute Gasteiger partial charge is 0.160 e. The Morgan fingerprint density at radius 3 is 3.00 bits per heavy atom. The van der Waals surface area contributed by atoms with Gasteiger partial charge >= 0.3 is 0 Å². The molecule has 1 aliphatic rings. The third kappa shape index (κ3) is 2.17. The van der Waals surface area contributed by atoms with E-state index in [1.165, 1.54) is 19.3 Å². The van der Waals surface area contributed by atoms with Crippen LogP contribution >= 0.6 is 0 Å². The molecule has 1 unspecified atom stereocenters. The van der Waals surface area contributed by atoms with Crippen molar-refractivity contribution in [3.63, 3.8) is 0 Å². The molecule has 19 heavy (non-hydrogen) atoms. The minimum absolute atomic E-state index is 0.798. The lowest BCUT2D eigenvalue weighted by atomic mass is 9.87. The van der Waals surface area contributed by atoms with Gasteiger partial charge in [0.2, 0.25) is 0 Å². The molecule has 102 valence electrons. The molecule has 1 atom stereocenters. The first-order valence-corrected chi connectivity index (χ1v) is 7.22. The fourth-order valence-corrected chi connectivity index (χ4v) is 3.32. The zero-order valence-electron chi connectivity index (χ0n) is 11.6. The number of hydrogen-bond donors (Lipinski definition) is 1. The standard InChI is InChI=1S/C14H21N5/c1-3-10(4-2)11-5-6-19(8-11)14-12-7-17-18-13(12)15-9-16-14/h7,9-11H,3-6,8H2,1-2H3,(H,15,16,17,18). The SMILES string of the molecule is CCC(CC)C1CCN(c2ncnc3[nH]ncc23)C1. The molecule has 0 saturated carbocycles. The molecule has 0 aliphatic carbocycles. The first-order chi connectivity index (χ1) is 9.33. The Bertz CT molecular complexity index is 546. The fourth-order valence-electron chi connectivity index (χ4n) is 3.32. The van der Waals surface area contributed by atoms with Crippen LogP contribution in [0.3, 0.4) is 0 Å². The van der Waals surface area contributed by atoms with Crippen LogP contribution in [-0.4, -0.2) is 33.3 Å². The van der Waals surface area contributed by atoms with E-state index in [4.69, 9.17) is 0 Å². The maximum Gasteiger partial charge on any atom is 0.160 e. The molecule has 3 heterocycles. The number of nitrogens with zero attached hydrogens (tertiary/aromatic N) is 4. The van der Waals surface area contributed by atoms with Gasteiger partial charge in [0, 0.05) is 13.1 Å². The number of nitrogens with one attached hydrogen (secondary N) is 1. The van der Waals surface area contributed by atoms with Crippen molar-refractivity contribution in [2.45, 2.75) is 33.1 Å². The number of H-pyrrole nitrogens is 1. The summed E-state index contributed by atoms with van der Waals surface area (Å²) in [6.45, 7) is 6.81. The molecule has 0 radical (unpaired) electrons. The van der Waals surface area contributed by atoms with Crippen LogP contribution < -0.4 is 4.90 Å². The van der Waals surface area contributed by atoms with Gasteiger partial charge in [-0.05, 0) is 18.3 Å². The topological polar surface area (TPSA) is 57.7 Å². The highest BCUT2D eigenvalue weighted by molar-refractivity contribution is 5.86. The Morgan fingerprint density at radius 1 is 1.37 bits per heavy atom. The quantitative estimate of drug-likeness (QED) is 0.917. The maximum atomic E-state index is 4.46. The van der Waals surface area contributed by atoms with E-state index in [-0.39, 0.29) is 0 Å². The number of anilines is 1. The highest BCUT2D eigenvalue weighted by Gasteiger charge is 2.29. The summed E-state index contributed by atoms with van der Waals surface area (Å²) in [5.41, 5.74) is 0.830. The number of aromatic nitrogens is 4. The summed E-state index contributed by atoms with van der Waals surface area (Å²) in [6, 6.07) is 0. The molecule has 0 spiro atoms. The molecule has 5 heteroatoms. The number of fused-ring (bicyclic) bond motifs is 1. The van der Waals surface area contributed by atoms with E-state index in [9.17, 15) is 0 Å². The van der Waals surface area contributed by atoms with Gasteiger partial charge in [-0.25, -0.2) is 9.97 Å². The zero-order valence-corrected chi connectivity index (χ0v) is 11.6. The molecule has 1 fully saturated rings. The molecule has 2 aromatic heterocycles. The molecule has 1 saturated heterocycles. The fraction of sp³-hybridized carbons (Fsp3) is 0.643. The second-order valence-electron chi connectivity index (χ2n) is 5.40. The van der Waals surface area contributed by atoms with Crippen molar-refractivity contribution in [2.75, 3.05) is 18.0 Å². The summed E-state index contributed by atoms with van der Waals surface area (Å²) < 4.78 is 0. The van der Waals surface area contributed by atoms with Gasteiger partial charge in [0.25, 0.3) is 0 Å². The van der Waals surface area contributed by atoms with Crippen molar-refractivity contribution in [2.24, 2.45) is 11.8 Å². The molecule has 1 aliphatic heterocycles. The van der Waals surface area contributed by atoms with Crippen molar-refractivity contribution in [1.82, 2.24) is 20.2 Å². The molecule has 2 aromatic rings. The molecule has 0 aromatic carbocycles. The van der Waals surface area contributed by atoms with Crippen molar-refractivity contribution in [3.8, 4) is 0 Å². The largest absolute Gasteiger partial charge is 0.356 e. The summed E-state index contributed by atoms with van der Waals surface area (Å²) >= 11 is 0. The van der Waals surface area contributed by atoms with Crippen LogP contribution in [0.15, 0.2) is 12.5 Å². The molecular formula is C14H21N5. The van der Waals surface area contributed by atoms with Gasteiger partial charge in [-0.1, -0.05) is 26.7 Å².